The highest BCUT2D eigenvalue weighted by Gasteiger charge is 2.28. The Morgan fingerprint density at radius 1 is 1.10 bits per heavy atom. The Morgan fingerprint density at radius 3 is 2.74 bits per heavy atom. The van der Waals surface area contributed by atoms with Crippen LogP contribution < -0.4 is 14.8 Å². The fraction of sp³-hybridized carbons (Fsp3) is 0.357. The van der Waals surface area contributed by atoms with E-state index >= 15 is 0 Å². The standard InChI is InChI=1S/C28H31N7O4/c1-17-24(39-19-8-6-7-18(15-19)27(36)37)12-11-22(31-17)26-23(35(2)34-33-26)16-30-28-29-14-13-21(32-28)20-9-4-5-10-25(20)38-3/h4-5,9-14,18-19H,6-8,15-16H2,1-3H3,(H,36,37)(H,29,30,32)/t18?,19-/m0/s1. The molecule has 1 aromatic carbocycles. The highest BCUT2D eigenvalue weighted by molar-refractivity contribution is 5.70. The number of methoxy groups -OCH3 is 1. The van der Waals surface area contributed by atoms with Crippen molar-refractivity contribution >= 4 is 11.9 Å². The SMILES string of the molecule is COc1ccccc1-c1ccnc(NCc2c(-c3ccc(O[C@H]4CCCC(C(=O)O)C4)c(C)n3)nnn2C)n1. The molecule has 0 bridgehead atoms. The Bertz CT molecular complexity index is 1470. The van der Waals surface area contributed by atoms with E-state index in [2.05, 4.69) is 25.6 Å². The van der Waals surface area contributed by atoms with Crippen LogP contribution in [-0.4, -0.2) is 54.2 Å². The van der Waals surface area contributed by atoms with Gasteiger partial charge in [0.25, 0.3) is 0 Å². The highest BCUT2D eigenvalue weighted by Crippen LogP contribution is 2.31. The second kappa shape index (κ2) is 11.5. The van der Waals surface area contributed by atoms with E-state index in [1.165, 1.54) is 0 Å². The van der Waals surface area contributed by atoms with Crippen molar-refractivity contribution in [3.05, 3.63) is 60.0 Å². The zero-order chi connectivity index (χ0) is 27.4. The summed E-state index contributed by atoms with van der Waals surface area (Å²) in [4.78, 5) is 25.2. The molecule has 11 nitrogen and oxygen atoms in total. The Morgan fingerprint density at radius 2 is 1.95 bits per heavy atom. The molecular weight excluding hydrogens is 498 g/mol. The molecule has 202 valence electrons. The smallest absolute Gasteiger partial charge is 0.306 e. The lowest BCUT2D eigenvalue weighted by atomic mass is 9.87. The van der Waals surface area contributed by atoms with Gasteiger partial charge in [-0.15, -0.1) is 5.10 Å². The molecule has 2 atom stereocenters. The van der Waals surface area contributed by atoms with Crippen molar-refractivity contribution in [3.8, 4) is 34.1 Å². The molecule has 0 spiro atoms. The summed E-state index contributed by atoms with van der Waals surface area (Å²) in [6.45, 7) is 2.26. The maximum absolute atomic E-state index is 11.4. The van der Waals surface area contributed by atoms with Gasteiger partial charge in [-0.2, -0.15) is 0 Å². The Kier molecular flexibility index (Phi) is 7.67. The molecule has 1 aliphatic rings. The molecule has 3 heterocycles. The topological polar surface area (TPSA) is 137 Å². The number of carboxylic acid groups (broad SMARTS) is 1. The minimum absolute atomic E-state index is 0.130. The second-order valence-electron chi connectivity index (χ2n) is 9.55. The van der Waals surface area contributed by atoms with E-state index < -0.39 is 5.97 Å². The Hall–Kier alpha value is -4.54. The first-order valence-corrected chi connectivity index (χ1v) is 12.9. The third kappa shape index (κ3) is 5.82. The Balaban J connectivity index is 1.31. The van der Waals surface area contributed by atoms with E-state index in [1.54, 1.807) is 18.0 Å². The monoisotopic (exact) mass is 529 g/mol. The van der Waals surface area contributed by atoms with E-state index in [9.17, 15) is 9.90 Å². The molecule has 0 amide bonds. The number of nitrogens with zero attached hydrogens (tertiary/aromatic N) is 6. The summed E-state index contributed by atoms with van der Waals surface area (Å²) in [6.07, 6.45) is 4.46. The number of ether oxygens (including phenoxy) is 2. The zero-order valence-corrected chi connectivity index (χ0v) is 22.2. The van der Waals surface area contributed by atoms with E-state index in [-0.39, 0.29) is 12.0 Å². The maximum atomic E-state index is 11.4. The lowest BCUT2D eigenvalue weighted by Crippen LogP contribution is -2.29. The van der Waals surface area contributed by atoms with Crippen LogP contribution in [0.4, 0.5) is 5.95 Å². The third-order valence-electron chi connectivity index (χ3n) is 6.94. The summed E-state index contributed by atoms with van der Waals surface area (Å²) < 4.78 is 13.3. The first kappa shape index (κ1) is 26.1. The van der Waals surface area contributed by atoms with Gasteiger partial charge in [-0.05, 0) is 62.9 Å². The second-order valence-corrected chi connectivity index (χ2v) is 9.55. The average molecular weight is 530 g/mol. The van der Waals surface area contributed by atoms with E-state index in [0.717, 1.165) is 35.5 Å². The number of pyridine rings is 1. The van der Waals surface area contributed by atoms with Crippen molar-refractivity contribution in [1.82, 2.24) is 29.9 Å². The van der Waals surface area contributed by atoms with Gasteiger partial charge in [-0.1, -0.05) is 17.3 Å². The van der Waals surface area contributed by atoms with Crippen molar-refractivity contribution in [2.24, 2.45) is 13.0 Å². The number of hydrogen-bond donors (Lipinski definition) is 2. The van der Waals surface area contributed by atoms with Crippen molar-refractivity contribution < 1.29 is 19.4 Å². The molecule has 0 radical (unpaired) electrons. The van der Waals surface area contributed by atoms with Gasteiger partial charge in [0, 0.05) is 18.8 Å². The molecule has 1 aliphatic carbocycles. The number of aromatic nitrogens is 6. The van der Waals surface area contributed by atoms with Crippen molar-refractivity contribution in [2.75, 3.05) is 12.4 Å². The highest BCUT2D eigenvalue weighted by atomic mass is 16.5. The van der Waals surface area contributed by atoms with Crippen LogP contribution >= 0.6 is 0 Å². The van der Waals surface area contributed by atoms with Crippen LogP contribution in [0.1, 0.15) is 37.1 Å². The van der Waals surface area contributed by atoms with Crippen LogP contribution in [0.2, 0.25) is 0 Å². The summed E-state index contributed by atoms with van der Waals surface area (Å²) >= 11 is 0. The molecular formula is C28H31N7O4. The van der Waals surface area contributed by atoms with Crippen molar-refractivity contribution in [3.63, 3.8) is 0 Å². The number of nitrogens with one attached hydrogen (secondary N) is 1. The lowest BCUT2D eigenvalue weighted by Gasteiger charge is -2.27. The van der Waals surface area contributed by atoms with Crippen LogP contribution in [0.25, 0.3) is 22.6 Å². The normalized spacial score (nSPS) is 17.0. The molecule has 2 N–H and O–H groups in total. The average Bonchev–Trinajstić information content (AvgIpc) is 3.33. The fourth-order valence-corrected chi connectivity index (χ4v) is 4.85. The number of carboxylic acids is 1. The lowest BCUT2D eigenvalue weighted by molar-refractivity contribution is -0.143. The number of aryl methyl sites for hydroxylation is 2. The molecule has 5 rings (SSSR count). The first-order valence-electron chi connectivity index (χ1n) is 12.9. The van der Waals surface area contributed by atoms with Gasteiger partial charge in [-0.3, -0.25) is 4.79 Å². The van der Waals surface area contributed by atoms with Gasteiger partial charge in [0.15, 0.2) is 0 Å². The number of rotatable bonds is 9. The quantitative estimate of drug-likeness (QED) is 0.323. The van der Waals surface area contributed by atoms with Crippen LogP contribution in [0.15, 0.2) is 48.7 Å². The molecule has 0 saturated heterocycles. The molecule has 3 aromatic heterocycles. The van der Waals surface area contributed by atoms with Crippen molar-refractivity contribution in [1.29, 1.82) is 0 Å². The van der Waals surface area contributed by atoms with Gasteiger partial charge in [0.05, 0.1) is 48.5 Å². The van der Waals surface area contributed by atoms with Crippen LogP contribution in [0.5, 0.6) is 11.5 Å². The molecule has 1 fully saturated rings. The zero-order valence-electron chi connectivity index (χ0n) is 22.2. The molecule has 11 heteroatoms. The largest absolute Gasteiger partial charge is 0.496 e. The summed E-state index contributed by atoms with van der Waals surface area (Å²) in [5.41, 5.74) is 4.46. The van der Waals surface area contributed by atoms with E-state index in [1.807, 2.05) is 56.4 Å². The van der Waals surface area contributed by atoms with Crippen LogP contribution in [-0.2, 0) is 18.4 Å². The minimum Gasteiger partial charge on any atom is -0.496 e. The molecule has 0 aliphatic heterocycles. The predicted molar refractivity (Wildman–Crippen MR) is 144 cm³/mol. The van der Waals surface area contributed by atoms with Gasteiger partial charge >= 0.3 is 5.97 Å². The van der Waals surface area contributed by atoms with Crippen LogP contribution in [0, 0.1) is 12.8 Å². The number of para-hydroxylation sites is 1. The third-order valence-corrected chi connectivity index (χ3v) is 6.94. The van der Waals surface area contributed by atoms with E-state index in [4.69, 9.17) is 14.5 Å². The minimum atomic E-state index is -0.755. The number of benzene rings is 1. The number of hydrogen-bond acceptors (Lipinski definition) is 9. The molecule has 4 aromatic rings. The number of anilines is 1. The van der Waals surface area contributed by atoms with Gasteiger partial charge < -0.3 is 19.9 Å². The van der Waals surface area contributed by atoms with Gasteiger partial charge in [0.2, 0.25) is 5.95 Å². The van der Waals surface area contributed by atoms with Gasteiger partial charge in [0.1, 0.15) is 17.2 Å². The summed E-state index contributed by atoms with van der Waals surface area (Å²) in [5.74, 6) is 0.740. The van der Waals surface area contributed by atoms with Gasteiger partial charge in [-0.25, -0.2) is 19.6 Å². The van der Waals surface area contributed by atoms with Crippen molar-refractivity contribution in [2.45, 2.75) is 45.3 Å². The fourth-order valence-electron chi connectivity index (χ4n) is 4.85. The molecule has 39 heavy (non-hydrogen) atoms. The summed E-state index contributed by atoms with van der Waals surface area (Å²) in [6, 6.07) is 13.3. The maximum Gasteiger partial charge on any atom is 0.306 e. The first-order chi connectivity index (χ1) is 18.9. The Labute approximate surface area is 226 Å². The van der Waals surface area contributed by atoms with Crippen LogP contribution in [0.3, 0.4) is 0 Å². The predicted octanol–water partition coefficient (Wildman–Crippen LogP) is 4.29. The summed E-state index contributed by atoms with van der Waals surface area (Å²) in [7, 11) is 3.46. The molecule has 1 saturated carbocycles. The van der Waals surface area contributed by atoms with E-state index in [0.29, 0.717) is 48.2 Å². The number of carbonyl (C=O) groups is 1. The number of aliphatic carboxylic acids is 1. The molecule has 1 unspecified atom stereocenters. The summed E-state index contributed by atoms with van der Waals surface area (Å²) in [5, 5.41) is 21.2.